The lowest BCUT2D eigenvalue weighted by molar-refractivity contribution is 0.275. The van der Waals surface area contributed by atoms with Gasteiger partial charge in [0.15, 0.2) is 0 Å². The summed E-state index contributed by atoms with van der Waals surface area (Å²) in [7, 11) is 0. The Balaban J connectivity index is 2.19. The van der Waals surface area contributed by atoms with Crippen LogP contribution < -0.4 is 5.32 Å². The summed E-state index contributed by atoms with van der Waals surface area (Å²) in [4.78, 5) is 4.66. The molecule has 2 rings (SSSR count). The molecule has 0 radical (unpaired) electrons. The van der Waals surface area contributed by atoms with E-state index in [4.69, 9.17) is 0 Å². The highest BCUT2D eigenvalue weighted by Gasteiger charge is 2.12. The highest BCUT2D eigenvalue weighted by atomic mass is 16.3. The fourth-order valence-electron chi connectivity index (χ4n) is 2.22. The van der Waals surface area contributed by atoms with Crippen molar-refractivity contribution in [3.8, 4) is 0 Å². The van der Waals surface area contributed by atoms with Crippen molar-refractivity contribution >= 4 is 11.0 Å². The summed E-state index contributed by atoms with van der Waals surface area (Å²) in [6, 6.07) is 8.08. The van der Waals surface area contributed by atoms with Gasteiger partial charge in [-0.3, -0.25) is 0 Å². The van der Waals surface area contributed by atoms with E-state index >= 15 is 0 Å². The van der Waals surface area contributed by atoms with Crippen molar-refractivity contribution in [3.63, 3.8) is 0 Å². The SMILES string of the molecule is CC(C)(C)NCCc1nc2ccccc2n1CCO. The summed E-state index contributed by atoms with van der Waals surface area (Å²) in [5.41, 5.74) is 2.22. The zero-order valence-corrected chi connectivity index (χ0v) is 12.0. The number of fused-ring (bicyclic) bond motifs is 1. The lowest BCUT2D eigenvalue weighted by Crippen LogP contribution is -2.37. The number of para-hydroxylation sites is 2. The summed E-state index contributed by atoms with van der Waals surface area (Å²) >= 11 is 0. The lowest BCUT2D eigenvalue weighted by atomic mass is 10.1. The number of hydrogen-bond acceptors (Lipinski definition) is 3. The molecule has 0 amide bonds. The van der Waals surface area contributed by atoms with Crippen LogP contribution in [0, 0.1) is 0 Å². The zero-order chi connectivity index (χ0) is 13.9. The Morgan fingerprint density at radius 2 is 2.00 bits per heavy atom. The molecule has 0 saturated carbocycles. The molecule has 2 N–H and O–H groups in total. The number of aromatic nitrogens is 2. The second kappa shape index (κ2) is 5.72. The van der Waals surface area contributed by atoms with Crippen LogP contribution in [0.25, 0.3) is 11.0 Å². The Bertz CT molecular complexity index is 540. The Kier molecular flexibility index (Phi) is 4.22. The highest BCUT2D eigenvalue weighted by Crippen LogP contribution is 2.16. The average molecular weight is 261 g/mol. The van der Waals surface area contributed by atoms with Gasteiger partial charge in [0.2, 0.25) is 0 Å². The van der Waals surface area contributed by atoms with Gasteiger partial charge in [-0.05, 0) is 32.9 Å². The van der Waals surface area contributed by atoms with Gasteiger partial charge in [-0.25, -0.2) is 4.98 Å². The van der Waals surface area contributed by atoms with Gasteiger partial charge >= 0.3 is 0 Å². The molecule has 4 heteroatoms. The summed E-state index contributed by atoms with van der Waals surface area (Å²) in [6.45, 7) is 8.10. The first kappa shape index (κ1) is 14.0. The Morgan fingerprint density at radius 1 is 1.26 bits per heavy atom. The predicted octanol–water partition coefficient (Wildman–Crippen LogP) is 1.96. The molecule has 2 aromatic rings. The molecule has 0 spiro atoms. The van der Waals surface area contributed by atoms with Crippen molar-refractivity contribution in [2.45, 2.75) is 39.3 Å². The van der Waals surface area contributed by atoms with Gasteiger partial charge in [-0.1, -0.05) is 12.1 Å². The second-order valence-electron chi connectivity index (χ2n) is 5.82. The number of nitrogens with zero attached hydrogens (tertiary/aromatic N) is 2. The van der Waals surface area contributed by atoms with Crippen LogP contribution in [0.5, 0.6) is 0 Å². The smallest absolute Gasteiger partial charge is 0.111 e. The third-order valence-electron chi connectivity index (χ3n) is 3.06. The van der Waals surface area contributed by atoms with Crippen LogP contribution in [0.3, 0.4) is 0 Å². The standard InChI is InChI=1S/C15H23N3O/c1-15(2,3)16-9-8-14-17-12-6-4-5-7-13(12)18(14)10-11-19/h4-7,16,19H,8-11H2,1-3H3. The van der Waals surface area contributed by atoms with E-state index in [9.17, 15) is 5.11 Å². The van der Waals surface area contributed by atoms with Crippen LogP contribution in [-0.2, 0) is 13.0 Å². The Morgan fingerprint density at radius 3 is 2.68 bits per heavy atom. The minimum atomic E-state index is 0.119. The third-order valence-corrected chi connectivity index (χ3v) is 3.06. The van der Waals surface area contributed by atoms with Crippen molar-refractivity contribution in [1.82, 2.24) is 14.9 Å². The van der Waals surface area contributed by atoms with Crippen molar-refractivity contribution in [2.75, 3.05) is 13.2 Å². The quantitative estimate of drug-likeness (QED) is 0.865. The molecule has 0 unspecified atom stereocenters. The van der Waals surface area contributed by atoms with Crippen molar-refractivity contribution in [1.29, 1.82) is 0 Å². The number of aliphatic hydroxyl groups is 1. The molecule has 0 fully saturated rings. The molecule has 1 aromatic heterocycles. The van der Waals surface area contributed by atoms with Crippen LogP contribution in [-0.4, -0.2) is 33.3 Å². The highest BCUT2D eigenvalue weighted by molar-refractivity contribution is 5.75. The molecule has 0 aliphatic heterocycles. The van der Waals surface area contributed by atoms with E-state index in [0.29, 0.717) is 6.54 Å². The van der Waals surface area contributed by atoms with Crippen LogP contribution in [0.2, 0.25) is 0 Å². The number of rotatable bonds is 5. The van der Waals surface area contributed by atoms with Gasteiger partial charge in [0.05, 0.1) is 17.6 Å². The molecule has 104 valence electrons. The number of hydrogen-bond donors (Lipinski definition) is 2. The summed E-state index contributed by atoms with van der Waals surface area (Å²) < 4.78 is 2.11. The predicted molar refractivity (Wildman–Crippen MR) is 78.3 cm³/mol. The van der Waals surface area contributed by atoms with Gasteiger partial charge < -0.3 is 15.0 Å². The molecular formula is C15H23N3O. The first-order valence-corrected chi connectivity index (χ1v) is 6.81. The van der Waals surface area contributed by atoms with Crippen molar-refractivity contribution in [2.24, 2.45) is 0 Å². The number of benzene rings is 1. The van der Waals surface area contributed by atoms with E-state index < -0.39 is 0 Å². The molecule has 0 aliphatic rings. The van der Waals surface area contributed by atoms with E-state index in [-0.39, 0.29) is 12.1 Å². The largest absolute Gasteiger partial charge is 0.395 e. The minimum absolute atomic E-state index is 0.119. The fraction of sp³-hybridized carbons (Fsp3) is 0.533. The molecule has 19 heavy (non-hydrogen) atoms. The molecule has 0 atom stereocenters. The van der Waals surface area contributed by atoms with E-state index in [1.807, 2.05) is 18.2 Å². The number of aliphatic hydroxyl groups excluding tert-OH is 1. The van der Waals surface area contributed by atoms with E-state index in [1.54, 1.807) is 0 Å². The number of nitrogens with one attached hydrogen (secondary N) is 1. The zero-order valence-electron chi connectivity index (χ0n) is 12.0. The molecule has 1 aromatic carbocycles. The Labute approximate surface area is 114 Å². The first-order valence-electron chi connectivity index (χ1n) is 6.81. The molecule has 4 nitrogen and oxygen atoms in total. The second-order valence-corrected chi connectivity index (χ2v) is 5.82. The normalized spacial score (nSPS) is 12.2. The van der Waals surface area contributed by atoms with E-state index in [0.717, 1.165) is 29.8 Å². The molecule has 0 saturated heterocycles. The van der Waals surface area contributed by atoms with Gasteiger partial charge in [-0.15, -0.1) is 0 Å². The molecule has 1 heterocycles. The van der Waals surface area contributed by atoms with Gasteiger partial charge in [0.1, 0.15) is 5.82 Å². The van der Waals surface area contributed by atoms with Gasteiger partial charge in [-0.2, -0.15) is 0 Å². The maximum Gasteiger partial charge on any atom is 0.111 e. The average Bonchev–Trinajstić information content (AvgIpc) is 2.67. The maximum absolute atomic E-state index is 9.21. The van der Waals surface area contributed by atoms with Crippen LogP contribution in [0.15, 0.2) is 24.3 Å². The summed E-state index contributed by atoms with van der Waals surface area (Å²) in [6.07, 6.45) is 0.867. The maximum atomic E-state index is 9.21. The van der Waals surface area contributed by atoms with Crippen molar-refractivity contribution in [3.05, 3.63) is 30.1 Å². The van der Waals surface area contributed by atoms with E-state index in [1.165, 1.54) is 0 Å². The van der Waals surface area contributed by atoms with Crippen LogP contribution >= 0.6 is 0 Å². The minimum Gasteiger partial charge on any atom is -0.395 e. The Hall–Kier alpha value is -1.39. The summed E-state index contributed by atoms with van der Waals surface area (Å²) in [5.74, 6) is 1.03. The van der Waals surface area contributed by atoms with Crippen LogP contribution in [0.1, 0.15) is 26.6 Å². The fourth-order valence-corrected chi connectivity index (χ4v) is 2.22. The number of imidazole rings is 1. The molecule has 0 bridgehead atoms. The lowest BCUT2D eigenvalue weighted by Gasteiger charge is -2.20. The topological polar surface area (TPSA) is 50.1 Å². The molecule has 0 aliphatic carbocycles. The van der Waals surface area contributed by atoms with Gasteiger partial charge in [0.25, 0.3) is 0 Å². The van der Waals surface area contributed by atoms with Gasteiger partial charge in [0, 0.05) is 25.0 Å². The van der Waals surface area contributed by atoms with Crippen LogP contribution in [0.4, 0.5) is 0 Å². The molecular weight excluding hydrogens is 238 g/mol. The first-order chi connectivity index (χ1) is 9.01. The summed E-state index contributed by atoms with van der Waals surface area (Å²) in [5, 5.41) is 12.7. The monoisotopic (exact) mass is 261 g/mol. The van der Waals surface area contributed by atoms with E-state index in [2.05, 4.69) is 41.7 Å². The van der Waals surface area contributed by atoms with Crippen molar-refractivity contribution < 1.29 is 5.11 Å². The third kappa shape index (κ3) is 3.55.